The predicted octanol–water partition coefficient (Wildman–Crippen LogP) is 3.09. The largest absolute Gasteiger partial charge is 0.573 e. The number of carbonyl (C=O) groups is 2. The van der Waals surface area contributed by atoms with Crippen molar-refractivity contribution in [3.05, 3.63) is 59.7 Å². The lowest BCUT2D eigenvalue weighted by atomic mass is 10.1. The van der Waals surface area contributed by atoms with Gasteiger partial charge in [0.15, 0.2) is 0 Å². The van der Waals surface area contributed by atoms with Crippen molar-refractivity contribution in [2.45, 2.75) is 17.8 Å². The molecule has 138 valence electrons. The second-order valence-corrected chi connectivity index (χ2v) is 6.11. The summed E-state index contributed by atoms with van der Waals surface area (Å²) in [5, 5.41) is 2.55. The van der Waals surface area contributed by atoms with Crippen molar-refractivity contribution >= 4 is 23.6 Å². The van der Waals surface area contributed by atoms with E-state index in [1.165, 1.54) is 18.2 Å². The molecule has 26 heavy (non-hydrogen) atoms. The van der Waals surface area contributed by atoms with Crippen molar-refractivity contribution in [2.24, 2.45) is 5.73 Å². The summed E-state index contributed by atoms with van der Waals surface area (Å²) in [6.45, 7) is -0.153. The Kier molecular flexibility index (Phi) is 6.51. The molecule has 3 N–H and O–H groups in total. The lowest BCUT2D eigenvalue weighted by Gasteiger charge is -2.14. The van der Waals surface area contributed by atoms with Crippen molar-refractivity contribution in [2.75, 3.05) is 5.75 Å². The van der Waals surface area contributed by atoms with Crippen molar-refractivity contribution in [3.63, 3.8) is 0 Å². The maximum atomic E-state index is 12.4. The number of hydrogen-bond donors (Lipinski definition) is 2. The molecule has 2 aromatic carbocycles. The standard InChI is InChI=1S/C17H15F3N2O3S/c18-17(19,20)25-13-7-3-1-5-11(13)9-22-16(24)12-6-2-4-8-14(12)26-10-15(21)23/h1-8H,9-10H2,(H2,21,23)(H,22,24). The number of nitrogens with two attached hydrogens (primary N) is 1. The van der Waals surface area contributed by atoms with Crippen LogP contribution in [0.3, 0.4) is 0 Å². The van der Waals surface area contributed by atoms with Crippen LogP contribution in [-0.2, 0) is 11.3 Å². The molecule has 0 aromatic heterocycles. The highest BCUT2D eigenvalue weighted by Crippen LogP contribution is 2.26. The zero-order valence-electron chi connectivity index (χ0n) is 13.4. The van der Waals surface area contributed by atoms with Gasteiger partial charge in [0.05, 0.1) is 11.3 Å². The molecule has 5 nitrogen and oxygen atoms in total. The molecule has 0 bridgehead atoms. The van der Waals surface area contributed by atoms with E-state index in [0.717, 1.165) is 11.8 Å². The number of nitrogens with one attached hydrogen (secondary N) is 1. The Morgan fingerprint density at radius 3 is 2.42 bits per heavy atom. The summed E-state index contributed by atoms with van der Waals surface area (Å²) >= 11 is 1.11. The van der Waals surface area contributed by atoms with E-state index in [2.05, 4.69) is 10.1 Å². The third-order valence-corrected chi connectivity index (χ3v) is 4.24. The highest BCUT2D eigenvalue weighted by atomic mass is 32.2. The van der Waals surface area contributed by atoms with Crippen LogP contribution in [0.4, 0.5) is 13.2 Å². The maximum Gasteiger partial charge on any atom is 0.573 e. The quantitative estimate of drug-likeness (QED) is 0.719. The van der Waals surface area contributed by atoms with Gasteiger partial charge in [-0.05, 0) is 18.2 Å². The van der Waals surface area contributed by atoms with Gasteiger partial charge in [0.2, 0.25) is 5.91 Å². The second-order valence-electron chi connectivity index (χ2n) is 5.09. The van der Waals surface area contributed by atoms with Gasteiger partial charge in [-0.3, -0.25) is 9.59 Å². The molecule has 0 spiro atoms. The van der Waals surface area contributed by atoms with Crippen LogP contribution in [0.15, 0.2) is 53.4 Å². The van der Waals surface area contributed by atoms with E-state index in [1.54, 1.807) is 30.3 Å². The van der Waals surface area contributed by atoms with Crippen LogP contribution in [0.25, 0.3) is 0 Å². The third kappa shape index (κ3) is 5.99. The number of rotatable bonds is 7. The van der Waals surface area contributed by atoms with E-state index in [-0.39, 0.29) is 23.6 Å². The minimum Gasteiger partial charge on any atom is -0.405 e. The topological polar surface area (TPSA) is 81.4 Å². The Balaban J connectivity index is 2.09. The van der Waals surface area contributed by atoms with Gasteiger partial charge >= 0.3 is 6.36 Å². The zero-order chi connectivity index (χ0) is 19.2. The summed E-state index contributed by atoms with van der Waals surface area (Å²) in [7, 11) is 0. The van der Waals surface area contributed by atoms with Crippen molar-refractivity contribution in [3.8, 4) is 5.75 Å². The van der Waals surface area contributed by atoms with Crippen LogP contribution < -0.4 is 15.8 Å². The number of thioether (sulfide) groups is 1. The van der Waals surface area contributed by atoms with Crippen molar-refractivity contribution < 1.29 is 27.5 Å². The Hall–Kier alpha value is -2.68. The molecule has 0 heterocycles. The highest BCUT2D eigenvalue weighted by Gasteiger charge is 2.32. The van der Waals surface area contributed by atoms with Crippen LogP contribution in [0.5, 0.6) is 5.75 Å². The molecule has 2 aromatic rings. The van der Waals surface area contributed by atoms with Crippen LogP contribution in [0.2, 0.25) is 0 Å². The molecule has 0 aliphatic carbocycles. The molecule has 0 atom stereocenters. The minimum atomic E-state index is -4.82. The summed E-state index contributed by atoms with van der Waals surface area (Å²) in [5.41, 5.74) is 5.58. The van der Waals surface area contributed by atoms with Crippen LogP contribution in [0.1, 0.15) is 15.9 Å². The van der Waals surface area contributed by atoms with Crippen molar-refractivity contribution in [1.29, 1.82) is 0 Å². The molecule has 0 aliphatic rings. The molecule has 0 saturated carbocycles. The fourth-order valence-corrected chi connectivity index (χ4v) is 2.86. The highest BCUT2D eigenvalue weighted by molar-refractivity contribution is 8.00. The minimum absolute atomic E-state index is 0.00650. The first-order chi connectivity index (χ1) is 12.3. The number of hydrogen-bond acceptors (Lipinski definition) is 4. The number of halogens is 3. The summed E-state index contributed by atoms with van der Waals surface area (Å²) in [4.78, 5) is 23.8. The SMILES string of the molecule is NC(=O)CSc1ccccc1C(=O)NCc1ccccc1OC(F)(F)F. The smallest absolute Gasteiger partial charge is 0.405 e. The molecule has 0 aliphatic heterocycles. The Bertz CT molecular complexity index is 797. The Labute approximate surface area is 151 Å². The second kappa shape index (κ2) is 8.61. The van der Waals surface area contributed by atoms with Gasteiger partial charge in [0.25, 0.3) is 5.91 Å². The lowest BCUT2D eigenvalue weighted by Crippen LogP contribution is -2.25. The van der Waals surface area contributed by atoms with Crippen LogP contribution in [0, 0.1) is 0 Å². The summed E-state index contributed by atoms with van der Waals surface area (Å²) < 4.78 is 41.3. The first-order valence-corrected chi connectivity index (χ1v) is 8.37. The van der Waals surface area contributed by atoms with Crippen LogP contribution >= 0.6 is 11.8 Å². The van der Waals surface area contributed by atoms with Crippen molar-refractivity contribution in [1.82, 2.24) is 5.32 Å². The number of ether oxygens (including phenoxy) is 1. The first kappa shape index (κ1) is 19.6. The summed E-state index contributed by atoms with van der Waals surface area (Å²) in [5.74, 6) is -1.38. The number of amides is 2. The third-order valence-electron chi connectivity index (χ3n) is 3.14. The van der Waals surface area contributed by atoms with E-state index < -0.39 is 18.2 Å². The van der Waals surface area contributed by atoms with Gasteiger partial charge < -0.3 is 15.8 Å². The van der Waals surface area contributed by atoms with Gasteiger partial charge in [-0.15, -0.1) is 24.9 Å². The van der Waals surface area contributed by atoms with Gasteiger partial charge in [-0.1, -0.05) is 30.3 Å². The zero-order valence-corrected chi connectivity index (χ0v) is 14.2. The van der Waals surface area contributed by atoms with E-state index >= 15 is 0 Å². The lowest BCUT2D eigenvalue weighted by molar-refractivity contribution is -0.274. The molecular weight excluding hydrogens is 369 g/mol. The molecular formula is C17H15F3N2O3S. The number of carbonyl (C=O) groups excluding carboxylic acids is 2. The molecule has 0 unspecified atom stereocenters. The number of para-hydroxylation sites is 1. The normalized spacial score (nSPS) is 11.0. The molecule has 2 amide bonds. The predicted molar refractivity (Wildman–Crippen MR) is 90.7 cm³/mol. The number of alkyl halides is 3. The number of primary amides is 1. The van der Waals surface area contributed by atoms with E-state index in [0.29, 0.717) is 10.5 Å². The van der Waals surface area contributed by atoms with Gasteiger partial charge in [0, 0.05) is 17.0 Å². The Morgan fingerprint density at radius 2 is 1.73 bits per heavy atom. The Morgan fingerprint density at radius 1 is 1.08 bits per heavy atom. The average molecular weight is 384 g/mol. The van der Waals surface area contributed by atoms with Gasteiger partial charge in [-0.2, -0.15) is 0 Å². The van der Waals surface area contributed by atoms with E-state index in [4.69, 9.17) is 5.73 Å². The fraction of sp³-hybridized carbons (Fsp3) is 0.176. The number of benzene rings is 2. The molecule has 9 heteroatoms. The van der Waals surface area contributed by atoms with E-state index in [9.17, 15) is 22.8 Å². The summed E-state index contributed by atoms with van der Waals surface area (Å²) in [6, 6.07) is 12.1. The van der Waals surface area contributed by atoms with E-state index in [1.807, 2.05) is 0 Å². The molecule has 0 radical (unpaired) electrons. The van der Waals surface area contributed by atoms with Crippen LogP contribution in [-0.4, -0.2) is 23.9 Å². The van der Waals surface area contributed by atoms with Gasteiger partial charge in [-0.25, -0.2) is 0 Å². The summed E-state index contributed by atoms with van der Waals surface area (Å²) in [6.07, 6.45) is -4.82. The average Bonchev–Trinajstić information content (AvgIpc) is 2.58. The van der Waals surface area contributed by atoms with Gasteiger partial charge in [0.1, 0.15) is 5.75 Å². The molecule has 2 rings (SSSR count). The first-order valence-electron chi connectivity index (χ1n) is 7.38. The maximum absolute atomic E-state index is 12.4. The molecule has 0 saturated heterocycles. The molecule has 0 fully saturated rings. The fourth-order valence-electron chi connectivity index (χ4n) is 2.07. The monoisotopic (exact) mass is 384 g/mol.